The largest absolute Gasteiger partial charge is 0.383 e. The fraction of sp³-hybridized carbons (Fsp3) is 1.00. The second-order valence-electron chi connectivity index (χ2n) is 5.28. The van der Waals surface area contributed by atoms with E-state index < -0.39 is 0 Å². The molecule has 0 spiro atoms. The van der Waals surface area contributed by atoms with E-state index in [0.29, 0.717) is 12.1 Å². The van der Waals surface area contributed by atoms with Crippen molar-refractivity contribution >= 4 is 0 Å². The zero-order chi connectivity index (χ0) is 12.0. The van der Waals surface area contributed by atoms with Crippen LogP contribution in [0.25, 0.3) is 0 Å². The lowest BCUT2D eigenvalue weighted by Gasteiger charge is -2.41. The molecule has 1 fully saturated rings. The molecule has 2 unspecified atom stereocenters. The molecule has 3 heteroatoms. The Morgan fingerprint density at radius 1 is 1.44 bits per heavy atom. The van der Waals surface area contributed by atoms with Gasteiger partial charge in [0.2, 0.25) is 0 Å². The summed E-state index contributed by atoms with van der Waals surface area (Å²) >= 11 is 0. The van der Waals surface area contributed by atoms with Gasteiger partial charge in [-0.05, 0) is 18.8 Å². The molecule has 0 radical (unpaired) electrons. The van der Waals surface area contributed by atoms with Gasteiger partial charge in [-0.3, -0.25) is 4.90 Å². The number of ether oxygens (including phenoxy) is 1. The molecular formula is C13H28N2O. The van der Waals surface area contributed by atoms with Crippen molar-refractivity contribution in [3.8, 4) is 0 Å². The minimum absolute atomic E-state index is 0.667. The summed E-state index contributed by atoms with van der Waals surface area (Å²) in [6.45, 7) is 11.1. The predicted molar refractivity (Wildman–Crippen MR) is 68.8 cm³/mol. The molecule has 0 aromatic rings. The summed E-state index contributed by atoms with van der Waals surface area (Å²) < 4.78 is 5.20. The van der Waals surface area contributed by atoms with Crippen LogP contribution < -0.4 is 5.32 Å². The molecule has 0 aromatic heterocycles. The molecular weight excluding hydrogens is 200 g/mol. The van der Waals surface area contributed by atoms with Gasteiger partial charge in [0.15, 0.2) is 0 Å². The second-order valence-corrected chi connectivity index (χ2v) is 5.28. The molecule has 1 aliphatic rings. The predicted octanol–water partition coefficient (Wildman–Crippen LogP) is 1.73. The Kier molecular flexibility index (Phi) is 6.32. The van der Waals surface area contributed by atoms with E-state index in [0.717, 1.165) is 25.6 Å². The highest BCUT2D eigenvalue weighted by molar-refractivity contribution is 4.85. The van der Waals surface area contributed by atoms with Crippen LogP contribution in [-0.4, -0.2) is 50.3 Å². The summed E-state index contributed by atoms with van der Waals surface area (Å²) in [5.41, 5.74) is 0. The molecule has 0 bridgehead atoms. The minimum Gasteiger partial charge on any atom is -0.383 e. The van der Waals surface area contributed by atoms with E-state index in [1.54, 1.807) is 7.11 Å². The first-order valence-corrected chi connectivity index (χ1v) is 6.63. The summed E-state index contributed by atoms with van der Waals surface area (Å²) in [7, 11) is 1.79. The van der Waals surface area contributed by atoms with Crippen molar-refractivity contribution in [3.63, 3.8) is 0 Å². The Bertz CT molecular complexity index is 185. The SMILES string of the molecule is CCC1CN(CCOC)C(CC(C)C)CN1. The van der Waals surface area contributed by atoms with Gasteiger partial charge < -0.3 is 10.1 Å². The van der Waals surface area contributed by atoms with Gasteiger partial charge in [-0.2, -0.15) is 0 Å². The number of rotatable bonds is 6. The topological polar surface area (TPSA) is 24.5 Å². The Balaban J connectivity index is 2.46. The third kappa shape index (κ3) is 4.40. The first-order valence-electron chi connectivity index (χ1n) is 6.63. The maximum absolute atomic E-state index is 5.20. The third-order valence-corrected chi connectivity index (χ3v) is 3.43. The van der Waals surface area contributed by atoms with E-state index in [1.165, 1.54) is 19.4 Å². The van der Waals surface area contributed by atoms with E-state index in [-0.39, 0.29) is 0 Å². The van der Waals surface area contributed by atoms with E-state index in [2.05, 4.69) is 31.0 Å². The van der Waals surface area contributed by atoms with Crippen LogP contribution >= 0.6 is 0 Å². The van der Waals surface area contributed by atoms with E-state index in [9.17, 15) is 0 Å². The highest BCUT2D eigenvalue weighted by atomic mass is 16.5. The summed E-state index contributed by atoms with van der Waals surface area (Å²) in [6, 6.07) is 1.36. The number of piperazine rings is 1. The Morgan fingerprint density at radius 2 is 2.19 bits per heavy atom. The van der Waals surface area contributed by atoms with Crippen molar-refractivity contribution in [2.24, 2.45) is 5.92 Å². The molecule has 1 aliphatic heterocycles. The molecule has 0 amide bonds. The number of methoxy groups -OCH3 is 1. The molecule has 3 nitrogen and oxygen atoms in total. The maximum Gasteiger partial charge on any atom is 0.0589 e. The maximum atomic E-state index is 5.20. The van der Waals surface area contributed by atoms with Gasteiger partial charge in [0.05, 0.1) is 6.61 Å². The zero-order valence-electron chi connectivity index (χ0n) is 11.3. The highest BCUT2D eigenvalue weighted by Crippen LogP contribution is 2.16. The van der Waals surface area contributed by atoms with Crippen molar-refractivity contribution in [1.29, 1.82) is 0 Å². The summed E-state index contributed by atoms with van der Waals surface area (Å²) in [5, 5.41) is 3.65. The van der Waals surface area contributed by atoms with Crippen LogP contribution in [0.2, 0.25) is 0 Å². The van der Waals surface area contributed by atoms with Crippen LogP contribution in [0.5, 0.6) is 0 Å². The van der Waals surface area contributed by atoms with Crippen molar-refractivity contribution < 1.29 is 4.74 Å². The summed E-state index contributed by atoms with van der Waals surface area (Å²) in [6.07, 6.45) is 2.50. The number of nitrogens with zero attached hydrogens (tertiary/aromatic N) is 1. The molecule has 1 rings (SSSR count). The zero-order valence-corrected chi connectivity index (χ0v) is 11.3. The molecule has 0 aromatic carbocycles. The second kappa shape index (κ2) is 7.25. The van der Waals surface area contributed by atoms with Gasteiger partial charge in [0.1, 0.15) is 0 Å². The average molecular weight is 228 g/mol. The van der Waals surface area contributed by atoms with E-state index in [1.807, 2.05) is 0 Å². The molecule has 1 heterocycles. The van der Waals surface area contributed by atoms with Gasteiger partial charge in [-0.1, -0.05) is 20.8 Å². The van der Waals surface area contributed by atoms with Crippen molar-refractivity contribution in [2.75, 3.05) is 33.4 Å². The quantitative estimate of drug-likeness (QED) is 0.749. The standard InChI is InChI=1S/C13H28N2O/c1-5-12-10-15(6-7-16-4)13(9-14-12)8-11(2)3/h11-14H,5-10H2,1-4H3. The lowest BCUT2D eigenvalue weighted by Crippen LogP contribution is -2.57. The first kappa shape index (κ1) is 13.9. The Hall–Kier alpha value is -0.120. The fourth-order valence-electron chi connectivity index (χ4n) is 2.46. The highest BCUT2D eigenvalue weighted by Gasteiger charge is 2.26. The summed E-state index contributed by atoms with van der Waals surface area (Å²) in [5.74, 6) is 0.773. The van der Waals surface area contributed by atoms with Crippen LogP contribution in [0.1, 0.15) is 33.6 Å². The van der Waals surface area contributed by atoms with Gasteiger partial charge in [0, 0.05) is 38.8 Å². The molecule has 0 saturated carbocycles. The number of nitrogens with one attached hydrogen (secondary N) is 1. The number of hydrogen-bond acceptors (Lipinski definition) is 3. The normalized spacial score (nSPS) is 27.6. The van der Waals surface area contributed by atoms with Gasteiger partial charge in [-0.15, -0.1) is 0 Å². The molecule has 2 atom stereocenters. The molecule has 0 aliphatic carbocycles. The van der Waals surface area contributed by atoms with Crippen molar-refractivity contribution in [1.82, 2.24) is 10.2 Å². The summed E-state index contributed by atoms with van der Waals surface area (Å²) in [4.78, 5) is 2.61. The van der Waals surface area contributed by atoms with Crippen LogP contribution in [0, 0.1) is 5.92 Å². The molecule has 1 N–H and O–H groups in total. The first-order chi connectivity index (χ1) is 7.67. The fourth-order valence-corrected chi connectivity index (χ4v) is 2.46. The Labute approximate surface area is 101 Å². The lowest BCUT2D eigenvalue weighted by atomic mass is 9.98. The van der Waals surface area contributed by atoms with Gasteiger partial charge in [-0.25, -0.2) is 0 Å². The van der Waals surface area contributed by atoms with Crippen molar-refractivity contribution in [2.45, 2.75) is 45.7 Å². The van der Waals surface area contributed by atoms with E-state index >= 15 is 0 Å². The Morgan fingerprint density at radius 3 is 2.75 bits per heavy atom. The lowest BCUT2D eigenvalue weighted by molar-refractivity contribution is 0.0761. The van der Waals surface area contributed by atoms with Crippen molar-refractivity contribution in [3.05, 3.63) is 0 Å². The van der Waals surface area contributed by atoms with Crippen LogP contribution in [0.15, 0.2) is 0 Å². The van der Waals surface area contributed by atoms with Crippen LogP contribution in [0.3, 0.4) is 0 Å². The van der Waals surface area contributed by atoms with Crippen LogP contribution in [-0.2, 0) is 4.74 Å². The van der Waals surface area contributed by atoms with Gasteiger partial charge >= 0.3 is 0 Å². The number of hydrogen-bond donors (Lipinski definition) is 1. The van der Waals surface area contributed by atoms with Crippen LogP contribution in [0.4, 0.5) is 0 Å². The van der Waals surface area contributed by atoms with E-state index in [4.69, 9.17) is 4.74 Å². The van der Waals surface area contributed by atoms with Gasteiger partial charge in [0.25, 0.3) is 0 Å². The minimum atomic E-state index is 0.667. The smallest absolute Gasteiger partial charge is 0.0589 e. The molecule has 1 saturated heterocycles. The molecule has 96 valence electrons. The monoisotopic (exact) mass is 228 g/mol. The third-order valence-electron chi connectivity index (χ3n) is 3.43. The molecule has 16 heavy (non-hydrogen) atoms. The average Bonchev–Trinajstić information content (AvgIpc) is 2.27.